The highest BCUT2D eigenvalue weighted by molar-refractivity contribution is 5.94. The number of hydrogen-bond acceptors (Lipinski definition) is 5. The Morgan fingerprint density at radius 1 is 1.38 bits per heavy atom. The summed E-state index contributed by atoms with van der Waals surface area (Å²) in [5.74, 6) is -0.131. The summed E-state index contributed by atoms with van der Waals surface area (Å²) in [4.78, 5) is 22.9. The van der Waals surface area contributed by atoms with Gasteiger partial charge in [0.05, 0.1) is 17.6 Å². The fraction of sp³-hybridized carbons (Fsp3) is 0.444. The molecule has 8 nitrogen and oxygen atoms in total. The Hall–Kier alpha value is -2.74. The second-order valence-electron chi connectivity index (χ2n) is 6.48. The Labute approximate surface area is 151 Å². The number of aromatic nitrogens is 2. The number of carbonyl (C=O) groups is 1. The van der Waals surface area contributed by atoms with Gasteiger partial charge in [-0.2, -0.15) is 5.10 Å². The molecule has 1 aromatic carbocycles. The van der Waals surface area contributed by atoms with Gasteiger partial charge in [0.25, 0.3) is 5.91 Å². The van der Waals surface area contributed by atoms with E-state index < -0.39 is 4.92 Å². The van der Waals surface area contributed by atoms with E-state index in [2.05, 4.69) is 10.4 Å². The molecule has 0 radical (unpaired) electrons. The van der Waals surface area contributed by atoms with Crippen molar-refractivity contribution in [2.45, 2.75) is 39.3 Å². The van der Waals surface area contributed by atoms with Gasteiger partial charge in [-0.1, -0.05) is 12.1 Å². The third kappa shape index (κ3) is 3.91. The van der Waals surface area contributed by atoms with E-state index in [0.29, 0.717) is 30.0 Å². The number of nitrogens with zero attached hydrogens (tertiary/aromatic N) is 3. The van der Waals surface area contributed by atoms with E-state index in [4.69, 9.17) is 4.74 Å². The molecular weight excluding hydrogens is 336 g/mol. The minimum atomic E-state index is -0.407. The summed E-state index contributed by atoms with van der Waals surface area (Å²) in [5.41, 5.74) is 2.46. The van der Waals surface area contributed by atoms with Gasteiger partial charge in [-0.15, -0.1) is 0 Å². The van der Waals surface area contributed by atoms with Gasteiger partial charge in [0.2, 0.25) is 0 Å². The minimum absolute atomic E-state index is 0.0510. The quantitative estimate of drug-likeness (QED) is 0.631. The molecule has 0 bridgehead atoms. The molecule has 0 unspecified atom stereocenters. The average Bonchev–Trinajstić information content (AvgIpc) is 3.21. The van der Waals surface area contributed by atoms with Gasteiger partial charge >= 0.3 is 5.69 Å². The Kier molecular flexibility index (Phi) is 5.32. The van der Waals surface area contributed by atoms with Crippen LogP contribution in [0.5, 0.6) is 0 Å². The van der Waals surface area contributed by atoms with Crippen LogP contribution in [0.1, 0.15) is 40.2 Å². The second-order valence-corrected chi connectivity index (χ2v) is 6.48. The molecule has 0 aliphatic carbocycles. The largest absolute Gasteiger partial charge is 0.376 e. The summed E-state index contributed by atoms with van der Waals surface area (Å²) in [7, 11) is 0. The van der Waals surface area contributed by atoms with Gasteiger partial charge in [-0.05, 0) is 44.4 Å². The van der Waals surface area contributed by atoms with Gasteiger partial charge in [0.15, 0.2) is 0 Å². The highest BCUT2D eigenvalue weighted by atomic mass is 16.6. The summed E-state index contributed by atoms with van der Waals surface area (Å²) < 4.78 is 7.10. The third-order valence-corrected chi connectivity index (χ3v) is 4.59. The molecule has 1 N–H and O–H groups in total. The van der Waals surface area contributed by atoms with Gasteiger partial charge in [-0.3, -0.25) is 19.6 Å². The number of carbonyl (C=O) groups excluding carboxylic acids is 1. The molecule has 1 aromatic heterocycles. The maximum atomic E-state index is 12.2. The van der Waals surface area contributed by atoms with Crippen molar-refractivity contribution in [2.24, 2.45) is 0 Å². The summed E-state index contributed by atoms with van der Waals surface area (Å²) in [5, 5.41) is 18.2. The molecule has 2 aromatic rings. The molecule has 3 rings (SSSR count). The Bertz CT molecular complexity index is 807. The van der Waals surface area contributed by atoms with Gasteiger partial charge in [0.1, 0.15) is 11.4 Å². The normalized spacial score (nSPS) is 16.6. The molecule has 8 heteroatoms. The van der Waals surface area contributed by atoms with Gasteiger partial charge < -0.3 is 10.1 Å². The zero-order chi connectivity index (χ0) is 18.7. The topological polar surface area (TPSA) is 99.3 Å². The van der Waals surface area contributed by atoms with Crippen LogP contribution >= 0.6 is 0 Å². The van der Waals surface area contributed by atoms with Crippen LogP contribution in [0.15, 0.2) is 24.3 Å². The highest BCUT2D eigenvalue weighted by Gasteiger charge is 2.21. The Morgan fingerprint density at radius 3 is 2.69 bits per heavy atom. The van der Waals surface area contributed by atoms with E-state index in [-0.39, 0.29) is 17.7 Å². The van der Waals surface area contributed by atoms with E-state index in [0.717, 1.165) is 25.0 Å². The van der Waals surface area contributed by atoms with Gasteiger partial charge in [0, 0.05) is 18.7 Å². The van der Waals surface area contributed by atoms with Crippen molar-refractivity contribution in [3.05, 3.63) is 56.9 Å². The number of nitrogens with one attached hydrogen (secondary N) is 1. The standard InChI is InChI=1S/C18H22N4O4/c1-12-17(22(24)25)13(2)21(20-12)11-14-5-7-15(8-6-14)18(23)19-10-16-4-3-9-26-16/h5-8,16H,3-4,9-11H2,1-2H3,(H,19,23)/t16-/m1/s1. The maximum absolute atomic E-state index is 12.2. The predicted octanol–water partition coefficient (Wildman–Crippen LogP) is 2.37. The van der Waals surface area contributed by atoms with Crippen molar-refractivity contribution in [3.63, 3.8) is 0 Å². The van der Waals surface area contributed by atoms with Crippen molar-refractivity contribution in [2.75, 3.05) is 13.2 Å². The van der Waals surface area contributed by atoms with E-state index >= 15 is 0 Å². The van der Waals surface area contributed by atoms with Crippen molar-refractivity contribution < 1.29 is 14.5 Å². The molecule has 26 heavy (non-hydrogen) atoms. The molecule has 1 aliphatic rings. The number of hydrogen-bond donors (Lipinski definition) is 1. The zero-order valence-electron chi connectivity index (χ0n) is 14.9. The number of amides is 1. The lowest BCUT2D eigenvalue weighted by atomic mass is 10.1. The molecule has 1 atom stereocenters. The first-order valence-corrected chi connectivity index (χ1v) is 8.63. The van der Waals surface area contributed by atoms with Crippen LogP contribution in [0.25, 0.3) is 0 Å². The molecular formula is C18H22N4O4. The van der Waals surface area contributed by atoms with E-state index in [1.165, 1.54) is 0 Å². The Balaban J connectivity index is 1.63. The SMILES string of the molecule is Cc1nn(Cc2ccc(C(=O)NC[C@H]3CCCO3)cc2)c(C)c1[N+](=O)[O-]. The van der Waals surface area contributed by atoms with Crippen LogP contribution in [0, 0.1) is 24.0 Å². The molecule has 138 valence electrons. The summed E-state index contributed by atoms with van der Waals surface area (Å²) >= 11 is 0. The van der Waals surface area contributed by atoms with Crippen LogP contribution in [0.2, 0.25) is 0 Å². The van der Waals surface area contributed by atoms with Crippen LogP contribution in [0.4, 0.5) is 5.69 Å². The molecule has 0 saturated carbocycles. The van der Waals surface area contributed by atoms with Crippen molar-refractivity contribution in [3.8, 4) is 0 Å². The number of benzene rings is 1. The maximum Gasteiger partial charge on any atom is 0.312 e. The third-order valence-electron chi connectivity index (χ3n) is 4.59. The molecule has 2 heterocycles. The first-order chi connectivity index (χ1) is 12.5. The predicted molar refractivity (Wildman–Crippen MR) is 95.2 cm³/mol. The van der Waals surface area contributed by atoms with E-state index in [1.54, 1.807) is 30.7 Å². The average molecular weight is 358 g/mol. The zero-order valence-corrected chi connectivity index (χ0v) is 14.9. The fourth-order valence-electron chi connectivity index (χ4n) is 3.15. The summed E-state index contributed by atoms with van der Waals surface area (Å²) in [6.45, 7) is 5.02. The van der Waals surface area contributed by atoms with Crippen LogP contribution in [-0.2, 0) is 11.3 Å². The number of rotatable bonds is 6. The van der Waals surface area contributed by atoms with E-state index in [1.807, 2.05) is 12.1 Å². The first kappa shape index (κ1) is 18.1. The van der Waals surface area contributed by atoms with Crippen LogP contribution in [-0.4, -0.2) is 39.9 Å². The smallest absolute Gasteiger partial charge is 0.312 e. The molecule has 1 aliphatic heterocycles. The lowest BCUT2D eigenvalue weighted by molar-refractivity contribution is -0.386. The molecule has 0 spiro atoms. The first-order valence-electron chi connectivity index (χ1n) is 8.63. The lowest BCUT2D eigenvalue weighted by Gasteiger charge is -2.11. The van der Waals surface area contributed by atoms with Crippen LogP contribution in [0.3, 0.4) is 0 Å². The molecule has 1 amide bonds. The fourth-order valence-corrected chi connectivity index (χ4v) is 3.15. The Morgan fingerprint density at radius 2 is 2.12 bits per heavy atom. The molecule has 1 saturated heterocycles. The minimum Gasteiger partial charge on any atom is -0.376 e. The number of aryl methyl sites for hydroxylation is 1. The van der Waals surface area contributed by atoms with Crippen molar-refractivity contribution in [1.29, 1.82) is 0 Å². The second kappa shape index (κ2) is 7.65. The van der Waals surface area contributed by atoms with Gasteiger partial charge in [-0.25, -0.2) is 0 Å². The lowest BCUT2D eigenvalue weighted by Crippen LogP contribution is -2.31. The molecule has 1 fully saturated rings. The van der Waals surface area contributed by atoms with E-state index in [9.17, 15) is 14.9 Å². The summed E-state index contributed by atoms with van der Waals surface area (Å²) in [6, 6.07) is 7.17. The highest BCUT2D eigenvalue weighted by Crippen LogP contribution is 2.22. The van der Waals surface area contributed by atoms with Crippen LogP contribution < -0.4 is 5.32 Å². The van der Waals surface area contributed by atoms with Crippen molar-refractivity contribution in [1.82, 2.24) is 15.1 Å². The monoisotopic (exact) mass is 358 g/mol. The number of ether oxygens (including phenoxy) is 1. The summed E-state index contributed by atoms with van der Waals surface area (Å²) in [6.07, 6.45) is 2.13. The number of nitro groups is 1. The van der Waals surface area contributed by atoms with Crippen molar-refractivity contribution >= 4 is 11.6 Å².